The fourth-order valence-electron chi connectivity index (χ4n) is 3.78. The van der Waals surface area contributed by atoms with Gasteiger partial charge >= 0.3 is 6.09 Å². The zero-order valence-corrected chi connectivity index (χ0v) is 21.0. The molecular weight excluding hydrogens is 483 g/mol. The summed E-state index contributed by atoms with van der Waals surface area (Å²) in [5.74, 6) is -0.232. The van der Waals surface area contributed by atoms with E-state index in [0.717, 1.165) is 16.7 Å². The second-order valence-electron chi connectivity index (χ2n) is 8.78. The van der Waals surface area contributed by atoms with Gasteiger partial charge in [0.05, 0.1) is 0 Å². The fourth-order valence-corrected chi connectivity index (χ4v) is 3.78. The van der Waals surface area contributed by atoms with Crippen molar-refractivity contribution in [3.8, 4) is 5.75 Å². The number of hydrogen-bond donors (Lipinski definition) is 2. The Morgan fingerprint density at radius 3 is 2.05 bits per heavy atom. The first-order valence-electron chi connectivity index (χ1n) is 12.3. The van der Waals surface area contributed by atoms with E-state index in [1.54, 1.807) is 13.0 Å². The Bertz CT molecular complexity index is 1350. The van der Waals surface area contributed by atoms with Crippen molar-refractivity contribution in [2.24, 2.45) is 0 Å². The molecule has 0 aliphatic heterocycles. The monoisotopic (exact) mass is 512 g/mol. The molecule has 0 aliphatic carbocycles. The molecular formula is C31H29FN2O4. The summed E-state index contributed by atoms with van der Waals surface area (Å²) in [6, 6.07) is 29.9. The van der Waals surface area contributed by atoms with Crippen LogP contribution in [0.1, 0.15) is 22.3 Å². The maximum absolute atomic E-state index is 14.0. The molecule has 4 aromatic rings. The van der Waals surface area contributed by atoms with Crippen LogP contribution in [0.2, 0.25) is 0 Å². The van der Waals surface area contributed by atoms with E-state index in [-0.39, 0.29) is 13.0 Å². The molecule has 0 fully saturated rings. The predicted octanol–water partition coefficient (Wildman–Crippen LogP) is 6.19. The van der Waals surface area contributed by atoms with Crippen LogP contribution < -0.4 is 15.4 Å². The quantitative estimate of drug-likeness (QED) is 0.266. The number of rotatable bonds is 10. The third kappa shape index (κ3) is 7.67. The van der Waals surface area contributed by atoms with Crippen LogP contribution in [0.25, 0.3) is 0 Å². The Balaban J connectivity index is 1.42. The number of amides is 2. The molecule has 0 radical (unpaired) electrons. The van der Waals surface area contributed by atoms with E-state index >= 15 is 0 Å². The summed E-state index contributed by atoms with van der Waals surface area (Å²) in [7, 11) is 0. The minimum atomic E-state index is -0.961. The van der Waals surface area contributed by atoms with Gasteiger partial charge in [-0.05, 0) is 47.9 Å². The predicted molar refractivity (Wildman–Crippen MR) is 144 cm³/mol. The summed E-state index contributed by atoms with van der Waals surface area (Å²) in [4.78, 5) is 25.8. The molecule has 38 heavy (non-hydrogen) atoms. The number of carbonyl (C=O) groups excluding carboxylic acids is 2. The van der Waals surface area contributed by atoms with Crippen molar-refractivity contribution in [1.29, 1.82) is 0 Å². The summed E-state index contributed by atoms with van der Waals surface area (Å²) < 4.78 is 25.2. The fraction of sp³-hybridized carbons (Fsp3) is 0.161. The summed E-state index contributed by atoms with van der Waals surface area (Å²) in [6.07, 6.45) is -0.535. The van der Waals surface area contributed by atoms with Crippen LogP contribution in [0.5, 0.6) is 5.75 Å². The van der Waals surface area contributed by atoms with Gasteiger partial charge in [-0.25, -0.2) is 9.18 Å². The number of anilines is 1. The average molecular weight is 513 g/mol. The number of benzene rings is 4. The number of hydrogen-bond acceptors (Lipinski definition) is 4. The lowest BCUT2D eigenvalue weighted by atomic mass is 10.0. The molecule has 2 amide bonds. The Labute approximate surface area is 221 Å². The van der Waals surface area contributed by atoms with Crippen LogP contribution in [0.15, 0.2) is 103 Å². The van der Waals surface area contributed by atoms with E-state index in [1.165, 1.54) is 12.1 Å². The van der Waals surface area contributed by atoms with Gasteiger partial charge in [0.15, 0.2) is 0 Å². The summed E-state index contributed by atoms with van der Waals surface area (Å²) in [5, 5.41) is 5.38. The Kier molecular flexibility index (Phi) is 9.07. The van der Waals surface area contributed by atoms with E-state index in [2.05, 4.69) is 10.6 Å². The standard InChI is InChI=1S/C31H29FN2O4/c1-22-27(32)13-8-14-28(22)33-30(35)29(34-31(36)38-21-25-11-6-3-7-12-25)19-23-15-17-26(18-16-23)37-20-24-9-4-2-5-10-24/h2-18,29H,19-21H2,1H3,(H,33,35)(H,34,36)/t29-/m0/s1. The van der Waals surface area contributed by atoms with Gasteiger partial charge in [-0.2, -0.15) is 0 Å². The van der Waals surface area contributed by atoms with Crippen molar-refractivity contribution in [1.82, 2.24) is 5.32 Å². The Morgan fingerprint density at radius 2 is 1.39 bits per heavy atom. The smallest absolute Gasteiger partial charge is 0.408 e. The summed E-state index contributed by atoms with van der Waals surface area (Å²) >= 11 is 0. The summed E-state index contributed by atoms with van der Waals surface area (Å²) in [6.45, 7) is 2.08. The van der Waals surface area contributed by atoms with E-state index < -0.39 is 23.9 Å². The number of halogens is 1. The van der Waals surface area contributed by atoms with Gasteiger partial charge < -0.3 is 20.1 Å². The van der Waals surface area contributed by atoms with Crippen molar-refractivity contribution in [3.05, 3.63) is 131 Å². The van der Waals surface area contributed by atoms with Gasteiger partial charge in [0.25, 0.3) is 0 Å². The molecule has 0 saturated carbocycles. The molecule has 0 saturated heterocycles. The number of carbonyl (C=O) groups is 2. The van der Waals surface area contributed by atoms with Crippen molar-refractivity contribution in [3.63, 3.8) is 0 Å². The average Bonchev–Trinajstić information content (AvgIpc) is 2.95. The van der Waals surface area contributed by atoms with Crippen LogP contribution in [-0.4, -0.2) is 18.0 Å². The van der Waals surface area contributed by atoms with Crippen LogP contribution in [0.4, 0.5) is 14.9 Å². The van der Waals surface area contributed by atoms with E-state index in [1.807, 2.05) is 84.9 Å². The molecule has 4 aromatic carbocycles. The maximum Gasteiger partial charge on any atom is 0.408 e. The van der Waals surface area contributed by atoms with Crippen LogP contribution >= 0.6 is 0 Å². The molecule has 0 spiro atoms. The molecule has 7 heteroatoms. The van der Waals surface area contributed by atoms with Gasteiger partial charge in [-0.1, -0.05) is 78.9 Å². The minimum absolute atomic E-state index is 0.0669. The van der Waals surface area contributed by atoms with Gasteiger partial charge in [0, 0.05) is 17.7 Å². The largest absolute Gasteiger partial charge is 0.489 e. The number of nitrogens with one attached hydrogen (secondary N) is 2. The second kappa shape index (κ2) is 13.1. The van der Waals surface area contributed by atoms with Gasteiger partial charge in [0.1, 0.15) is 30.8 Å². The third-order valence-corrected chi connectivity index (χ3v) is 5.96. The molecule has 0 aromatic heterocycles. The SMILES string of the molecule is Cc1c(F)cccc1NC(=O)[C@H](Cc1ccc(OCc2ccccc2)cc1)NC(=O)OCc1ccccc1. The Hall–Kier alpha value is -4.65. The van der Waals surface area contributed by atoms with Gasteiger partial charge in [-0.15, -0.1) is 0 Å². The van der Waals surface area contributed by atoms with Crippen LogP contribution in [0.3, 0.4) is 0 Å². The van der Waals surface area contributed by atoms with Crippen molar-refractivity contribution in [2.45, 2.75) is 32.6 Å². The third-order valence-electron chi connectivity index (χ3n) is 5.96. The molecule has 6 nitrogen and oxygen atoms in total. The molecule has 4 rings (SSSR count). The molecule has 0 bridgehead atoms. The highest BCUT2D eigenvalue weighted by molar-refractivity contribution is 5.97. The Morgan fingerprint density at radius 1 is 0.763 bits per heavy atom. The minimum Gasteiger partial charge on any atom is -0.489 e. The highest BCUT2D eigenvalue weighted by atomic mass is 19.1. The lowest BCUT2D eigenvalue weighted by molar-refractivity contribution is -0.118. The second-order valence-corrected chi connectivity index (χ2v) is 8.78. The van der Waals surface area contributed by atoms with Crippen molar-refractivity contribution in [2.75, 3.05) is 5.32 Å². The molecule has 0 aliphatic rings. The van der Waals surface area contributed by atoms with Crippen LogP contribution in [0, 0.1) is 12.7 Å². The van der Waals surface area contributed by atoms with E-state index in [0.29, 0.717) is 23.6 Å². The highest BCUT2D eigenvalue weighted by Gasteiger charge is 2.23. The highest BCUT2D eigenvalue weighted by Crippen LogP contribution is 2.19. The normalized spacial score (nSPS) is 11.3. The van der Waals surface area contributed by atoms with Crippen molar-refractivity contribution < 1.29 is 23.5 Å². The summed E-state index contributed by atoms with van der Waals surface area (Å²) in [5.41, 5.74) is 3.33. The van der Waals surface area contributed by atoms with Crippen molar-refractivity contribution >= 4 is 17.7 Å². The first-order valence-corrected chi connectivity index (χ1v) is 12.3. The number of ether oxygens (including phenoxy) is 2. The molecule has 1 atom stereocenters. The lowest BCUT2D eigenvalue weighted by Gasteiger charge is -2.19. The van der Waals surface area contributed by atoms with Gasteiger partial charge in [-0.3, -0.25) is 4.79 Å². The first-order chi connectivity index (χ1) is 18.5. The molecule has 2 N–H and O–H groups in total. The topological polar surface area (TPSA) is 76.7 Å². The zero-order valence-electron chi connectivity index (χ0n) is 21.0. The first kappa shape index (κ1) is 26.4. The van der Waals surface area contributed by atoms with Gasteiger partial charge in [0.2, 0.25) is 5.91 Å². The molecule has 194 valence electrons. The number of alkyl carbamates (subject to hydrolysis) is 1. The lowest BCUT2D eigenvalue weighted by Crippen LogP contribution is -2.45. The zero-order chi connectivity index (χ0) is 26.7. The maximum atomic E-state index is 14.0. The van der Waals surface area contributed by atoms with E-state index in [9.17, 15) is 14.0 Å². The van der Waals surface area contributed by atoms with E-state index in [4.69, 9.17) is 9.47 Å². The molecule has 0 unspecified atom stereocenters. The molecule has 0 heterocycles. The van der Waals surface area contributed by atoms with Crippen LogP contribution in [-0.2, 0) is 29.2 Å².